The molecular weight excluding hydrogens is 232 g/mol. The van der Waals surface area contributed by atoms with E-state index in [0.717, 1.165) is 6.42 Å². The second-order valence-corrected chi connectivity index (χ2v) is 4.78. The lowest BCUT2D eigenvalue weighted by atomic mass is 10.0. The van der Waals surface area contributed by atoms with E-state index < -0.39 is 0 Å². The molecule has 2 rings (SSSR count). The van der Waals surface area contributed by atoms with Gasteiger partial charge in [-0.1, -0.05) is 0 Å². The number of hydrogen-bond acceptors (Lipinski definition) is 4. The molecule has 0 spiro atoms. The Morgan fingerprint density at radius 1 is 1.56 bits per heavy atom. The summed E-state index contributed by atoms with van der Waals surface area (Å²) in [6.07, 6.45) is 0.809. The highest BCUT2D eigenvalue weighted by molar-refractivity contribution is 5.98. The first-order valence-corrected chi connectivity index (χ1v) is 5.88. The minimum atomic E-state index is -0.313. The summed E-state index contributed by atoms with van der Waals surface area (Å²) in [5, 5.41) is 2.97. The first-order chi connectivity index (χ1) is 8.54. The molecule has 1 aromatic carbocycles. The van der Waals surface area contributed by atoms with E-state index in [2.05, 4.69) is 5.32 Å². The predicted octanol–water partition coefficient (Wildman–Crippen LogP) is 1.19. The standard InChI is InChI=1S/C13H18N2O3/c1-13(5-6-18-8-13)15-12(16)10-7-9(14)3-4-11(10)17-2/h3-4,7H,5-6,8,14H2,1-2H3,(H,15,16). The first kappa shape index (κ1) is 12.7. The number of nitrogen functional groups attached to an aromatic ring is 1. The molecule has 0 aromatic heterocycles. The van der Waals surface area contributed by atoms with Gasteiger partial charge in [0, 0.05) is 12.3 Å². The molecule has 0 bridgehead atoms. The Hall–Kier alpha value is -1.75. The van der Waals surface area contributed by atoms with Gasteiger partial charge >= 0.3 is 0 Å². The van der Waals surface area contributed by atoms with Gasteiger partial charge in [-0.15, -0.1) is 0 Å². The summed E-state index contributed by atoms with van der Waals surface area (Å²) < 4.78 is 10.5. The summed E-state index contributed by atoms with van der Waals surface area (Å²) >= 11 is 0. The number of carbonyl (C=O) groups is 1. The van der Waals surface area contributed by atoms with Crippen LogP contribution in [-0.2, 0) is 4.74 Å². The average molecular weight is 250 g/mol. The van der Waals surface area contributed by atoms with Gasteiger partial charge in [0.15, 0.2) is 0 Å². The van der Waals surface area contributed by atoms with E-state index in [1.165, 1.54) is 7.11 Å². The number of anilines is 1. The minimum Gasteiger partial charge on any atom is -0.496 e. The number of carbonyl (C=O) groups excluding carboxylic acids is 1. The van der Waals surface area contributed by atoms with Crippen molar-refractivity contribution in [3.8, 4) is 5.75 Å². The van der Waals surface area contributed by atoms with E-state index in [4.69, 9.17) is 15.2 Å². The van der Waals surface area contributed by atoms with Crippen molar-refractivity contribution in [2.75, 3.05) is 26.1 Å². The van der Waals surface area contributed by atoms with Crippen LogP contribution in [0.4, 0.5) is 5.69 Å². The number of rotatable bonds is 3. The van der Waals surface area contributed by atoms with Gasteiger partial charge in [-0.05, 0) is 31.5 Å². The first-order valence-electron chi connectivity index (χ1n) is 5.88. The fourth-order valence-electron chi connectivity index (χ4n) is 2.01. The minimum absolute atomic E-state index is 0.188. The van der Waals surface area contributed by atoms with Gasteiger partial charge in [-0.3, -0.25) is 4.79 Å². The van der Waals surface area contributed by atoms with Crippen LogP contribution in [0.15, 0.2) is 18.2 Å². The molecule has 1 atom stereocenters. The molecule has 1 fully saturated rings. The van der Waals surface area contributed by atoms with Gasteiger partial charge in [0.25, 0.3) is 5.91 Å². The van der Waals surface area contributed by atoms with Gasteiger partial charge in [0.05, 0.1) is 24.8 Å². The molecule has 5 nitrogen and oxygen atoms in total. The number of methoxy groups -OCH3 is 1. The molecule has 0 aliphatic carbocycles. The number of amides is 1. The molecule has 1 aliphatic rings. The molecule has 1 aliphatic heterocycles. The maximum atomic E-state index is 12.2. The van der Waals surface area contributed by atoms with Gasteiger partial charge in [0.1, 0.15) is 5.75 Å². The number of hydrogen-bond donors (Lipinski definition) is 2. The van der Waals surface area contributed by atoms with Gasteiger partial charge < -0.3 is 20.5 Å². The zero-order chi connectivity index (χ0) is 13.2. The average Bonchev–Trinajstić information content (AvgIpc) is 2.75. The predicted molar refractivity (Wildman–Crippen MR) is 68.7 cm³/mol. The quantitative estimate of drug-likeness (QED) is 0.790. The van der Waals surface area contributed by atoms with E-state index in [0.29, 0.717) is 30.2 Å². The van der Waals surface area contributed by atoms with Crippen molar-refractivity contribution in [3.05, 3.63) is 23.8 Å². The van der Waals surface area contributed by atoms with Gasteiger partial charge in [0.2, 0.25) is 0 Å². The molecule has 1 amide bonds. The topological polar surface area (TPSA) is 73.6 Å². The van der Waals surface area contributed by atoms with Crippen molar-refractivity contribution >= 4 is 11.6 Å². The molecule has 0 radical (unpaired) electrons. The highest BCUT2D eigenvalue weighted by atomic mass is 16.5. The lowest BCUT2D eigenvalue weighted by molar-refractivity contribution is 0.0887. The Morgan fingerprint density at radius 2 is 2.33 bits per heavy atom. The highest BCUT2D eigenvalue weighted by Gasteiger charge is 2.32. The van der Waals surface area contributed by atoms with Crippen molar-refractivity contribution in [1.29, 1.82) is 0 Å². The van der Waals surface area contributed by atoms with Crippen LogP contribution < -0.4 is 15.8 Å². The monoisotopic (exact) mass is 250 g/mol. The van der Waals surface area contributed by atoms with Crippen molar-refractivity contribution < 1.29 is 14.3 Å². The van der Waals surface area contributed by atoms with Crippen LogP contribution in [-0.4, -0.2) is 31.8 Å². The zero-order valence-corrected chi connectivity index (χ0v) is 10.7. The van der Waals surface area contributed by atoms with Crippen LogP contribution in [0.2, 0.25) is 0 Å². The van der Waals surface area contributed by atoms with Crippen LogP contribution in [0.3, 0.4) is 0 Å². The molecule has 1 heterocycles. The summed E-state index contributed by atoms with van der Waals surface area (Å²) in [6.45, 7) is 3.17. The molecule has 98 valence electrons. The Kier molecular flexibility index (Phi) is 3.43. The Morgan fingerprint density at radius 3 is 2.94 bits per heavy atom. The normalized spacial score (nSPS) is 22.8. The number of ether oxygens (including phenoxy) is 2. The van der Waals surface area contributed by atoms with Crippen molar-refractivity contribution in [2.45, 2.75) is 18.9 Å². The molecule has 18 heavy (non-hydrogen) atoms. The fourth-order valence-corrected chi connectivity index (χ4v) is 2.01. The number of nitrogens with two attached hydrogens (primary N) is 1. The molecule has 1 aromatic rings. The molecule has 1 saturated heterocycles. The smallest absolute Gasteiger partial charge is 0.255 e. The van der Waals surface area contributed by atoms with Crippen molar-refractivity contribution in [2.24, 2.45) is 0 Å². The summed E-state index contributed by atoms with van der Waals surface area (Å²) in [6, 6.07) is 5.01. The fraction of sp³-hybridized carbons (Fsp3) is 0.462. The second kappa shape index (κ2) is 4.86. The second-order valence-electron chi connectivity index (χ2n) is 4.78. The lowest BCUT2D eigenvalue weighted by Crippen LogP contribution is -2.46. The van der Waals surface area contributed by atoms with Crippen LogP contribution in [0, 0.1) is 0 Å². The Labute approximate surface area is 106 Å². The van der Waals surface area contributed by atoms with E-state index >= 15 is 0 Å². The van der Waals surface area contributed by atoms with Crippen LogP contribution in [0.5, 0.6) is 5.75 Å². The molecule has 1 unspecified atom stereocenters. The maximum absolute atomic E-state index is 12.2. The summed E-state index contributed by atoms with van der Waals surface area (Å²) in [4.78, 5) is 12.2. The SMILES string of the molecule is COc1ccc(N)cc1C(=O)NC1(C)CCOC1. The summed E-state index contributed by atoms with van der Waals surface area (Å²) in [5.74, 6) is 0.330. The Balaban J connectivity index is 2.20. The number of benzene rings is 1. The molecule has 0 saturated carbocycles. The number of nitrogens with one attached hydrogen (secondary N) is 1. The van der Waals surface area contributed by atoms with Crippen molar-refractivity contribution in [3.63, 3.8) is 0 Å². The van der Waals surface area contributed by atoms with Crippen molar-refractivity contribution in [1.82, 2.24) is 5.32 Å². The van der Waals surface area contributed by atoms with Gasteiger partial charge in [-0.25, -0.2) is 0 Å². The molecule has 3 N–H and O–H groups in total. The highest BCUT2D eigenvalue weighted by Crippen LogP contribution is 2.23. The van der Waals surface area contributed by atoms with E-state index in [1.54, 1.807) is 18.2 Å². The van der Waals surface area contributed by atoms with E-state index in [-0.39, 0.29) is 11.4 Å². The Bertz CT molecular complexity index is 454. The largest absolute Gasteiger partial charge is 0.496 e. The lowest BCUT2D eigenvalue weighted by Gasteiger charge is -2.24. The third kappa shape index (κ3) is 2.56. The third-order valence-electron chi connectivity index (χ3n) is 3.10. The van der Waals surface area contributed by atoms with Crippen LogP contribution >= 0.6 is 0 Å². The van der Waals surface area contributed by atoms with E-state index in [9.17, 15) is 4.79 Å². The molecular formula is C13H18N2O3. The van der Waals surface area contributed by atoms with E-state index in [1.807, 2.05) is 6.92 Å². The van der Waals surface area contributed by atoms with Gasteiger partial charge in [-0.2, -0.15) is 0 Å². The molecule has 5 heteroatoms. The summed E-state index contributed by atoms with van der Waals surface area (Å²) in [7, 11) is 1.53. The van der Waals surface area contributed by atoms with Crippen LogP contribution in [0.25, 0.3) is 0 Å². The van der Waals surface area contributed by atoms with Crippen LogP contribution in [0.1, 0.15) is 23.7 Å². The summed E-state index contributed by atoms with van der Waals surface area (Å²) in [5.41, 5.74) is 6.37. The third-order valence-corrected chi connectivity index (χ3v) is 3.10. The maximum Gasteiger partial charge on any atom is 0.255 e. The zero-order valence-electron chi connectivity index (χ0n) is 10.7.